The number of halogens is 6. The minimum Gasteiger partial charge on any atom is -0.481 e. The molecule has 0 aromatic rings. The molecule has 21 heavy (non-hydrogen) atoms. The molecule has 0 unspecified atom stereocenters. The number of nitrogens with one attached hydrogen (secondary N) is 2. The highest BCUT2D eigenvalue weighted by atomic mass is 19.4. The summed E-state index contributed by atoms with van der Waals surface area (Å²) in [6, 6.07) is 0. The normalized spacial score (nSPS) is 11.1. The quantitative estimate of drug-likeness (QED) is 0.328. The van der Waals surface area contributed by atoms with Crippen molar-refractivity contribution in [3.05, 3.63) is 0 Å². The largest absolute Gasteiger partial charge is 0.490 e. The number of carbonyl (C=O) groups excluding carboxylic acids is 1. The average Bonchev–Trinajstić information content (AvgIpc) is 2.26. The number of hydrogen-bond donors (Lipinski definition) is 4. The van der Waals surface area contributed by atoms with Crippen LogP contribution in [0.3, 0.4) is 0 Å². The molecular weight excluding hydrogens is 318 g/mol. The van der Waals surface area contributed by atoms with Crippen molar-refractivity contribution >= 4 is 17.8 Å². The zero-order valence-electron chi connectivity index (χ0n) is 10.0. The van der Waals surface area contributed by atoms with Crippen LogP contribution in [0.25, 0.3) is 0 Å². The number of rotatable bonds is 5. The molecule has 0 aliphatic carbocycles. The summed E-state index contributed by atoms with van der Waals surface area (Å²) in [6.07, 6.45) is -10.2. The summed E-state index contributed by atoms with van der Waals surface area (Å²) in [6.45, 7) is -0.418. The summed E-state index contributed by atoms with van der Waals surface area (Å²) in [5.74, 6) is -5.88. The predicted molar refractivity (Wildman–Crippen MR) is 53.0 cm³/mol. The Morgan fingerprint density at radius 1 is 0.905 bits per heavy atom. The average molecular weight is 328 g/mol. The Hall–Kier alpha value is -2.05. The second kappa shape index (κ2) is 8.99. The van der Waals surface area contributed by atoms with Crippen LogP contribution in [0.1, 0.15) is 6.42 Å². The lowest BCUT2D eigenvalue weighted by Gasteiger charge is -2.07. The van der Waals surface area contributed by atoms with Crippen molar-refractivity contribution in [2.24, 2.45) is 0 Å². The Bertz CT molecular complexity index is 367. The van der Waals surface area contributed by atoms with Crippen LogP contribution in [0.5, 0.6) is 0 Å². The Balaban J connectivity index is 0. The van der Waals surface area contributed by atoms with Gasteiger partial charge in [0, 0.05) is 6.54 Å². The molecule has 1 amide bonds. The maximum atomic E-state index is 11.6. The van der Waals surface area contributed by atoms with E-state index < -0.39 is 36.9 Å². The van der Waals surface area contributed by atoms with E-state index in [1.165, 1.54) is 5.32 Å². The first-order valence-electron chi connectivity index (χ1n) is 4.86. The van der Waals surface area contributed by atoms with Crippen LogP contribution >= 0.6 is 0 Å². The highest BCUT2D eigenvalue weighted by Crippen LogP contribution is 2.13. The number of aliphatic carboxylic acids is 2. The highest BCUT2D eigenvalue weighted by molar-refractivity contribution is 5.81. The minimum atomic E-state index is -5.08. The lowest BCUT2D eigenvalue weighted by atomic mass is 10.4. The van der Waals surface area contributed by atoms with E-state index in [0.29, 0.717) is 0 Å². The van der Waals surface area contributed by atoms with E-state index in [0.717, 1.165) is 0 Å². The smallest absolute Gasteiger partial charge is 0.481 e. The zero-order valence-corrected chi connectivity index (χ0v) is 10.0. The van der Waals surface area contributed by atoms with Gasteiger partial charge in [0.25, 0.3) is 0 Å². The van der Waals surface area contributed by atoms with Gasteiger partial charge >= 0.3 is 30.2 Å². The molecule has 0 saturated heterocycles. The number of carbonyl (C=O) groups is 3. The van der Waals surface area contributed by atoms with E-state index in [2.05, 4.69) is 5.32 Å². The van der Waals surface area contributed by atoms with E-state index in [1.54, 1.807) is 0 Å². The standard InChI is InChI=1S/C6H9F3N2O3.C2HF3O2/c7-6(8,9)5(14)11-3-10-2-1-4(12)13;3-2(4,5)1(6)7/h10H,1-3H2,(H,11,14)(H,12,13);(H,6,7). The second-order valence-corrected chi connectivity index (χ2v) is 3.13. The van der Waals surface area contributed by atoms with Crippen molar-refractivity contribution in [2.45, 2.75) is 18.8 Å². The lowest BCUT2D eigenvalue weighted by molar-refractivity contribution is -0.192. The summed E-state index contributed by atoms with van der Waals surface area (Å²) < 4.78 is 66.4. The molecule has 0 fully saturated rings. The van der Waals surface area contributed by atoms with Gasteiger partial charge in [-0.1, -0.05) is 0 Å². The van der Waals surface area contributed by atoms with Crippen molar-refractivity contribution in [1.82, 2.24) is 10.6 Å². The van der Waals surface area contributed by atoms with Crippen molar-refractivity contribution in [3.63, 3.8) is 0 Å². The van der Waals surface area contributed by atoms with E-state index in [4.69, 9.17) is 15.0 Å². The molecule has 0 aromatic heterocycles. The lowest BCUT2D eigenvalue weighted by Crippen LogP contribution is -2.42. The number of amides is 1. The van der Waals surface area contributed by atoms with Gasteiger partial charge in [-0.05, 0) is 0 Å². The Morgan fingerprint density at radius 3 is 1.62 bits per heavy atom. The molecule has 0 bridgehead atoms. The molecule has 0 aromatic carbocycles. The first-order valence-corrected chi connectivity index (χ1v) is 4.86. The summed E-state index contributed by atoms with van der Waals surface area (Å²) in [5, 5.41) is 19.1. The fourth-order valence-electron chi connectivity index (χ4n) is 0.527. The topological polar surface area (TPSA) is 116 Å². The van der Waals surface area contributed by atoms with Gasteiger partial charge in [0.15, 0.2) is 0 Å². The van der Waals surface area contributed by atoms with E-state index in [1.807, 2.05) is 0 Å². The van der Waals surface area contributed by atoms with Crippen LogP contribution in [0, 0.1) is 0 Å². The van der Waals surface area contributed by atoms with Crippen LogP contribution in [0.2, 0.25) is 0 Å². The van der Waals surface area contributed by atoms with Gasteiger partial charge in [-0.15, -0.1) is 0 Å². The summed E-state index contributed by atoms with van der Waals surface area (Å²) in [5.41, 5.74) is 0. The molecule has 0 radical (unpaired) electrons. The molecule has 13 heteroatoms. The van der Waals surface area contributed by atoms with Crippen LogP contribution in [0.15, 0.2) is 0 Å². The molecule has 7 nitrogen and oxygen atoms in total. The zero-order chi connectivity index (χ0) is 17.3. The molecule has 4 N–H and O–H groups in total. The van der Waals surface area contributed by atoms with Gasteiger partial charge in [-0.3, -0.25) is 14.9 Å². The van der Waals surface area contributed by atoms with Crippen LogP contribution in [0.4, 0.5) is 26.3 Å². The van der Waals surface area contributed by atoms with Gasteiger partial charge < -0.3 is 15.5 Å². The maximum absolute atomic E-state index is 11.6. The summed E-state index contributed by atoms with van der Waals surface area (Å²) >= 11 is 0. The Morgan fingerprint density at radius 2 is 1.33 bits per heavy atom. The second-order valence-electron chi connectivity index (χ2n) is 3.13. The SMILES string of the molecule is O=C(O)C(F)(F)F.O=C(O)CCNCNC(=O)C(F)(F)F. The van der Waals surface area contributed by atoms with E-state index in [9.17, 15) is 35.9 Å². The number of alkyl halides is 6. The van der Waals surface area contributed by atoms with Gasteiger partial charge in [0.1, 0.15) is 0 Å². The minimum absolute atomic E-state index is 0.00648. The number of carboxylic acids is 2. The summed E-state index contributed by atoms with van der Waals surface area (Å²) in [7, 11) is 0. The molecule has 0 aliphatic rings. The fraction of sp³-hybridized carbons (Fsp3) is 0.625. The Labute approximate surface area is 112 Å². The van der Waals surface area contributed by atoms with Gasteiger partial charge in [0.2, 0.25) is 0 Å². The van der Waals surface area contributed by atoms with Crippen LogP contribution in [-0.4, -0.2) is 53.6 Å². The van der Waals surface area contributed by atoms with Gasteiger partial charge in [0.05, 0.1) is 13.1 Å². The third-order valence-electron chi connectivity index (χ3n) is 1.39. The van der Waals surface area contributed by atoms with Gasteiger partial charge in [-0.2, -0.15) is 26.3 Å². The van der Waals surface area contributed by atoms with E-state index >= 15 is 0 Å². The van der Waals surface area contributed by atoms with Crippen molar-refractivity contribution in [3.8, 4) is 0 Å². The first kappa shape index (κ1) is 21.3. The van der Waals surface area contributed by atoms with Crippen molar-refractivity contribution < 1.29 is 50.9 Å². The van der Waals surface area contributed by atoms with Gasteiger partial charge in [-0.25, -0.2) is 4.79 Å². The third-order valence-corrected chi connectivity index (χ3v) is 1.39. The van der Waals surface area contributed by atoms with Crippen LogP contribution in [-0.2, 0) is 14.4 Å². The molecular formula is C8H10F6N2O5. The molecule has 0 aliphatic heterocycles. The summed E-state index contributed by atoms with van der Waals surface area (Å²) in [4.78, 5) is 29.0. The third kappa shape index (κ3) is 14.2. The number of carboxylic acid groups (broad SMARTS) is 2. The maximum Gasteiger partial charge on any atom is 0.490 e. The highest BCUT2D eigenvalue weighted by Gasteiger charge is 2.38. The Kier molecular flexibility index (Phi) is 9.10. The molecule has 0 spiro atoms. The van der Waals surface area contributed by atoms with Crippen LogP contribution < -0.4 is 10.6 Å². The monoisotopic (exact) mass is 328 g/mol. The fourth-order valence-corrected chi connectivity index (χ4v) is 0.527. The predicted octanol–water partition coefficient (Wildman–Crippen LogP) is 0.320. The van der Waals surface area contributed by atoms with Crippen molar-refractivity contribution in [2.75, 3.05) is 13.2 Å². The van der Waals surface area contributed by atoms with E-state index in [-0.39, 0.29) is 13.0 Å². The molecule has 124 valence electrons. The molecule has 0 atom stereocenters. The molecule has 0 heterocycles. The number of hydrogen-bond acceptors (Lipinski definition) is 4. The first-order chi connectivity index (χ1) is 9.28. The molecule has 0 saturated carbocycles. The molecule has 0 rings (SSSR count). The van der Waals surface area contributed by atoms with Crippen molar-refractivity contribution in [1.29, 1.82) is 0 Å².